The number of likely N-dealkylation sites (tertiary alicyclic amines) is 1. The van der Waals surface area contributed by atoms with Crippen LogP contribution in [0.1, 0.15) is 57.8 Å². The maximum absolute atomic E-state index is 12.7. The summed E-state index contributed by atoms with van der Waals surface area (Å²) < 4.78 is 0.314. The maximum atomic E-state index is 12.7. The topological polar surface area (TPSA) is 49.4 Å². The summed E-state index contributed by atoms with van der Waals surface area (Å²) in [6.07, 6.45) is 9.68. The van der Waals surface area contributed by atoms with Crippen molar-refractivity contribution in [2.45, 2.75) is 68.2 Å². The molecule has 1 aliphatic heterocycles. The highest BCUT2D eigenvalue weighted by Crippen LogP contribution is 2.65. The number of amides is 2. The van der Waals surface area contributed by atoms with E-state index in [9.17, 15) is 9.59 Å². The molecule has 0 radical (unpaired) electrons. The van der Waals surface area contributed by atoms with Crippen molar-refractivity contribution in [3.05, 3.63) is 0 Å². The van der Waals surface area contributed by atoms with E-state index in [2.05, 4.69) is 21.2 Å². The number of nitrogens with zero attached hydrogens (tertiary/aromatic N) is 1. The van der Waals surface area contributed by atoms with Crippen LogP contribution in [-0.2, 0) is 9.59 Å². The molecule has 1 heterocycles. The predicted molar refractivity (Wildman–Crippen MR) is 92.2 cm³/mol. The molecule has 23 heavy (non-hydrogen) atoms. The van der Waals surface area contributed by atoms with Gasteiger partial charge in [-0.1, -0.05) is 15.9 Å². The number of nitrogens with one attached hydrogen (secondary N) is 1. The van der Waals surface area contributed by atoms with Gasteiger partial charge in [0.05, 0.1) is 0 Å². The first-order valence-electron chi connectivity index (χ1n) is 9.07. The Kier molecular flexibility index (Phi) is 3.78. The van der Waals surface area contributed by atoms with Crippen molar-refractivity contribution in [1.82, 2.24) is 10.2 Å². The molecule has 1 saturated heterocycles. The van der Waals surface area contributed by atoms with E-state index in [0.29, 0.717) is 23.7 Å². The van der Waals surface area contributed by atoms with Gasteiger partial charge in [0, 0.05) is 36.8 Å². The Morgan fingerprint density at radius 1 is 1.30 bits per heavy atom. The molecule has 4 nitrogen and oxygen atoms in total. The molecule has 4 aliphatic carbocycles. The van der Waals surface area contributed by atoms with Gasteiger partial charge in [0.15, 0.2) is 0 Å². The number of carbonyl (C=O) groups is 2. The van der Waals surface area contributed by atoms with E-state index in [1.807, 2.05) is 7.05 Å². The molecular weight excluding hydrogens is 356 g/mol. The molecule has 5 rings (SSSR count). The maximum Gasteiger partial charge on any atom is 0.222 e. The molecule has 1 N–H and O–H groups in total. The lowest BCUT2D eigenvalue weighted by molar-refractivity contribution is -0.135. The second-order valence-electron chi connectivity index (χ2n) is 8.87. The van der Waals surface area contributed by atoms with Crippen LogP contribution < -0.4 is 5.32 Å². The quantitative estimate of drug-likeness (QED) is 0.762. The molecule has 0 aromatic rings. The van der Waals surface area contributed by atoms with E-state index >= 15 is 0 Å². The van der Waals surface area contributed by atoms with Crippen LogP contribution in [0.25, 0.3) is 0 Å². The Morgan fingerprint density at radius 2 is 2.00 bits per heavy atom. The van der Waals surface area contributed by atoms with Gasteiger partial charge in [-0.25, -0.2) is 0 Å². The third kappa shape index (κ3) is 3.06. The molecule has 3 unspecified atom stereocenters. The van der Waals surface area contributed by atoms with Gasteiger partial charge in [0.25, 0.3) is 0 Å². The number of hydrogen-bond donors (Lipinski definition) is 1. The molecule has 0 spiro atoms. The SMILES string of the molecule is CN1CC(NC(=O)CC23CC4CC(CC(Br)(C4)C2)C3)CCC1=O. The smallest absolute Gasteiger partial charge is 0.222 e. The van der Waals surface area contributed by atoms with Crippen molar-refractivity contribution in [2.75, 3.05) is 13.6 Å². The van der Waals surface area contributed by atoms with Crippen LogP contribution in [0.3, 0.4) is 0 Å². The Balaban J connectivity index is 1.38. The Morgan fingerprint density at radius 3 is 2.61 bits per heavy atom. The highest BCUT2D eigenvalue weighted by atomic mass is 79.9. The van der Waals surface area contributed by atoms with Crippen LogP contribution in [0.4, 0.5) is 0 Å². The first kappa shape index (κ1) is 15.9. The minimum atomic E-state index is 0.136. The fraction of sp³-hybridized carbons (Fsp3) is 0.889. The summed E-state index contributed by atoms with van der Waals surface area (Å²) >= 11 is 4.02. The third-order valence-electron chi connectivity index (χ3n) is 6.64. The van der Waals surface area contributed by atoms with Crippen LogP contribution in [-0.4, -0.2) is 40.7 Å². The third-order valence-corrected chi connectivity index (χ3v) is 7.57. The largest absolute Gasteiger partial charge is 0.352 e. The number of hydrogen-bond acceptors (Lipinski definition) is 2. The first-order valence-corrected chi connectivity index (χ1v) is 9.86. The summed E-state index contributed by atoms with van der Waals surface area (Å²) in [5.41, 5.74) is 0.230. The van der Waals surface area contributed by atoms with Crippen molar-refractivity contribution < 1.29 is 9.59 Å². The summed E-state index contributed by atoms with van der Waals surface area (Å²) in [5, 5.41) is 3.21. The van der Waals surface area contributed by atoms with E-state index < -0.39 is 0 Å². The zero-order valence-corrected chi connectivity index (χ0v) is 15.5. The fourth-order valence-corrected chi connectivity index (χ4v) is 7.80. The standard InChI is InChI=1S/C18H27BrN2O2/c1-21-10-14(2-3-16(21)23)20-15(22)9-17-5-12-4-13(6-17)8-18(19,7-12)11-17/h12-14H,2-11H2,1H3,(H,20,22). The normalized spacial score (nSPS) is 45.4. The molecule has 128 valence electrons. The lowest BCUT2D eigenvalue weighted by atomic mass is 9.48. The molecule has 5 fully saturated rings. The summed E-state index contributed by atoms with van der Waals surface area (Å²) in [4.78, 5) is 26.0. The van der Waals surface area contributed by atoms with E-state index in [0.717, 1.165) is 18.3 Å². The first-order chi connectivity index (χ1) is 10.8. The molecule has 3 atom stereocenters. The van der Waals surface area contributed by atoms with Gasteiger partial charge in [0.1, 0.15) is 0 Å². The Labute approximate surface area is 146 Å². The number of piperidine rings is 1. The van der Waals surface area contributed by atoms with E-state index in [1.54, 1.807) is 4.90 Å². The second kappa shape index (κ2) is 5.47. The van der Waals surface area contributed by atoms with Crippen LogP contribution in [0, 0.1) is 17.3 Å². The Hall–Kier alpha value is -0.580. The molecule has 2 amide bonds. The minimum absolute atomic E-state index is 0.136. The van der Waals surface area contributed by atoms with Crippen molar-refractivity contribution in [2.24, 2.45) is 17.3 Å². The number of halogens is 1. The van der Waals surface area contributed by atoms with E-state index in [4.69, 9.17) is 0 Å². The van der Waals surface area contributed by atoms with Crippen molar-refractivity contribution in [3.63, 3.8) is 0 Å². The summed E-state index contributed by atoms with van der Waals surface area (Å²) in [6.45, 7) is 0.658. The van der Waals surface area contributed by atoms with Crippen LogP contribution in [0.5, 0.6) is 0 Å². The highest BCUT2D eigenvalue weighted by molar-refractivity contribution is 9.10. The fourth-order valence-electron chi connectivity index (χ4n) is 6.29. The van der Waals surface area contributed by atoms with Gasteiger partial charge in [-0.2, -0.15) is 0 Å². The summed E-state index contributed by atoms with van der Waals surface area (Å²) in [6, 6.07) is 0.136. The van der Waals surface area contributed by atoms with Crippen LogP contribution >= 0.6 is 15.9 Å². The zero-order valence-electron chi connectivity index (χ0n) is 13.9. The highest BCUT2D eigenvalue weighted by Gasteiger charge is 2.57. The molecule has 0 aromatic heterocycles. The van der Waals surface area contributed by atoms with Crippen LogP contribution in [0.15, 0.2) is 0 Å². The van der Waals surface area contributed by atoms with Gasteiger partial charge >= 0.3 is 0 Å². The zero-order chi connectivity index (χ0) is 16.2. The minimum Gasteiger partial charge on any atom is -0.352 e. The van der Waals surface area contributed by atoms with Crippen molar-refractivity contribution in [1.29, 1.82) is 0 Å². The molecule has 4 bridgehead atoms. The average Bonchev–Trinajstić information content (AvgIpc) is 2.39. The lowest BCUT2D eigenvalue weighted by Gasteiger charge is -2.60. The summed E-state index contributed by atoms with van der Waals surface area (Å²) in [7, 11) is 1.83. The van der Waals surface area contributed by atoms with Crippen molar-refractivity contribution in [3.8, 4) is 0 Å². The summed E-state index contributed by atoms with van der Waals surface area (Å²) in [5.74, 6) is 2.04. The van der Waals surface area contributed by atoms with Gasteiger partial charge in [-0.05, 0) is 62.2 Å². The van der Waals surface area contributed by atoms with Gasteiger partial charge in [-0.3, -0.25) is 9.59 Å². The molecule has 0 aromatic carbocycles. The lowest BCUT2D eigenvalue weighted by Crippen LogP contribution is -2.55. The number of likely N-dealkylation sites (N-methyl/N-ethyl adjacent to an activating group) is 1. The molecule has 5 aliphatic rings. The van der Waals surface area contributed by atoms with E-state index in [1.165, 1.54) is 38.5 Å². The predicted octanol–water partition coefficient (Wildman–Crippen LogP) is 2.85. The average molecular weight is 383 g/mol. The molecule has 4 saturated carbocycles. The van der Waals surface area contributed by atoms with Crippen LogP contribution in [0.2, 0.25) is 0 Å². The van der Waals surface area contributed by atoms with Gasteiger partial charge in [0.2, 0.25) is 11.8 Å². The van der Waals surface area contributed by atoms with Crippen molar-refractivity contribution >= 4 is 27.7 Å². The number of alkyl halides is 1. The molecular formula is C18H27BrN2O2. The number of rotatable bonds is 3. The molecule has 5 heteroatoms. The van der Waals surface area contributed by atoms with E-state index in [-0.39, 0.29) is 23.3 Å². The van der Waals surface area contributed by atoms with Gasteiger partial charge < -0.3 is 10.2 Å². The number of carbonyl (C=O) groups excluding carboxylic acids is 2. The van der Waals surface area contributed by atoms with Gasteiger partial charge in [-0.15, -0.1) is 0 Å². The Bertz CT molecular complexity index is 521. The monoisotopic (exact) mass is 382 g/mol. The second-order valence-corrected chi connectivity index (χ2v) is 10.5.